The molecule has 1 atom stereocenters. The fourth-order valence-electron chi connectivity index (χ4n) is 1.55. The zero-order valence-corrected chi connectivity index (χ0v) is 11.5. The Hall–Kier alpha value is -1.10. The number of hydrogen-bond donors (Lipinski definition) is 2. The van der Waals surface area contributed by atoms with Crippen LogP contribution < -0.4 is 10.6 Å². The van der Waals surface area contributed by atoms with E-state index in [0.717, 1.165) is 18.2 Å². The van der Waals surface area contributed by atoms with E-state index in [4.69, 9.17) is 0 Å². The van der Waals surface area contributed by atoms with Gasteiger partial charge in [-0.05, 0) is 19.8 Å². The molecule has 0 amide bonds. The van der Waals surface area contributed by atoms with Gasteiger partial charge in [-0.1, -0.05) is 6.92 Å². The van der Waals surface area contributed by atoms with Gasteiger partial charge in [-0.15, -0.1) is 11.3 Å². The van der Waals surface area contributed by atoms with Crippen molar-refractivity contribution in [2.45, 2.75) is 38.6 Å². The van der Waals surface area contributed by atoms with Gasteiger partial charge in [-0.3, -0.25) is 4.99 Å². The molecule has 1 aromatic heterocycles. The number of aliphatic imine (C=N–C) groups is 1. The van der Waals surface area contributed by atoms with Gasteiger partial charge in [0.2, 0.25) is 0 Å². The summed E-state index contributed by atoms with van der Waals surface area (Å²) in [5.74, 6) is 1.33. The van der Waals surface area contributed by atoms with Crippen LogP contribution in [0, 0.1) is 6.92 Å². The molecule has 17 heavy (non-hydrogen) atoms. The van der Waals surface area contributed by atoms with Gasteiger partial charge in [0.05, 0.1) is 5.01 Å². The van der Waals surface area contributed by atoms with Gasteiger partial charge < -0.3 is 10.6 Å². The monoisotopic (exact) mass is 252 g/mol. The Labute approximate surface area is 107 Å². The highest BCUT2D eigenvalue weighted by Crippen LogP contribution is 2.20. The molecule has 94 valence electrons. The summed E-state index contributed by atoms with van der Waals surface area (Å²) >= 11 is 1.73. The Bertz CT molecular complexity index is 395. The van der Waals surface area contributed by atoms with Crippen LogP contribution in [0.5, 0.6) is 0 Å². The Balaban J connectivity index is 1.80. The molecule has 2 rings (SSSR count). The van der Waals surface area contributed by atoms with E-state index in [0.29, 0.717) is 12.0 Å². The van der Waals surface area contributed by atoms with Gasteiger partial charge in [0.1, 0.15) is 0 Å². The first-order chi connectivity index (χ1) is 8.19. The standard InChI is InChI=1S/C12H20N4S/c1-8(11-15-9(2)7-17-11)6-14-12(13-3)16-10-4-5-10/h7-8,10H,4-6H2,1-3H3,(H2,13,14,16). The highest BCUT2D eigenvalue weighted by atomic mass is 32.1. The van der Waals surface area contributed by atoms with Gasteiger partial charge in [0.15, 0.2) is 5.96 Å². The molecule has 0 bridgehead atoms. The van der Waals surface area contributed by atoms with Crippen molar-refractivity contribution in [3.05, 3.63) is 16.1 Å². The van der Waals surface area contributed by atoms with Crippen molar-refractivity contribution in [2.75, 3.05) is 13.6 Å². The van der Waals surface area contributed by atoms with E-state index in [-0.39, 0.29) is 0 Å². The number of nitrogens with zero attached hydrogens (tertiary/aromatic N) is 2. The second kappa shape index (κ2) is 5.49. The molecule has 0 spiro atoms. The summed E-state index contributed by atoms with van der Waals surface area (Å²) < 4.78 is 0. The van der Waals surface area contributed by atoms with Gasteiger partial charge in [-0.2, -0.15) is 0 Å². The van der Waals surface area contributed by atoms with E-state index in [9.17, 15) is 0 Å². The number of rotatable bonds is 4. The molecule has 1 aliphatic carbocycles. The lowest BCUT2D eigenvalue weighted by molar-refractivity contribution is 0.692. The SMILES string of the molecule is CN=C(NCC(C)c1nc(C)cs1)NC1CC1. The van der Waals surface area contributed by atoms with Crippen molar-refractivity contribution >= 4 is 17.3 Å². The van der Waals surface area contributed by atoms with Crippen LogP contribution in [0.3, 0.4) is 0 Å². The van der Waals surface area contributed by atoms with E-state index in [1.807, 2.05) is 14.0 Å². The summed E-state index contributed by atoms with van der Waals surface area (Å²) in [5.41, 5.74) is 1.11. The normalized spacial score (nSPS) is 17.9. The minimum Gasteiger partial charge on any atom is -0.356 e. The first-order valence-electron chi connectivity index (χ1n) is 6.08. The van der Waals surface area contributed by atoms with Crippen LogP contribution >= 0.6 is 11.3 Å². The maximum atomic E-state index is 4.51. The van der Waals surface area contributed by atoms with Crippen molar-refractivity contribution in [3.63, 3.8) is 0 Å². The van der Waals surface area contributed by atoms with E-state index in [1.54, 1.807) is 11.3 Å². The third-order valence-electron chi connectivity index (χ3n) is 2.78. The topological polar surface area (TPSA) is 49.3 Å². The third kappa shape index (κ3) is 3.70. The largest absolute Gasteiger partial charge is 0.356 e. The van der Waals surface area contributed by atoms with Crippen LogP contribution in [0.15, 0.2) is 10.4 Å². The lowest BCUT2D eigenvalue weighted by atomic mass is 10.2. The molecule has 1 aliphatic rings. The number of hydrogen-bond acceptors (Lipinski definition) is 3. The van der Waals surface area contributed by atoms with E-state index >= 15 is 0 Å². The number of aryl methyl sites for hydroxylation is 1. The van der Waals surface area contributed by atoms with Crippen LogP contribution in [0.4, 0.5) is 0 Å². The summed E-state index contributed by atoms with van der Waals surface area (Å²) in [6.07, 6.45) is 2.53. The highest BCUT2D eigenvalue weighted by molar-refractivity contribution is 7.09. The second-order valence-electron chi connectivity index (χ2n) is 4.60. The molecule has 1 aromatic rings. The van der Waals surface area contributed by atoms with Crippen molar-refractivity contribution in [1.29, 1.82) is 0 Å². The maximum absolute atomic E-state index is 4.51. The molecule has 0 aliphatic heterocycles. The lowest BCUT2D eigenvalue weighted by Gasteiger charge is -2.14. The Kier molecular flexibility index (Phi) is 3.99. The summed E-state index contributed by atoms with van der Waals surface area (Å²) in [6.45, 7) is 5.10. The third-order valence-corrected chi connectivity index (χ3v) is 3.97. The predicted molar refractivity (Wildman–Crippen MR) is 72.8 cm³/mol. The summed E-state index contributed by atoms with van der Waals surface area (Å²) in [4.78, 5) is 8.72. The molecule has 5 heteroatoms. The average Bonchev–Trinajstić information content (AvgIpc) is 3.04. The van der Waals surface area contributed by atoms with Crippen molar-refractivity contribution in [1.82, 2.24) is 15.6 Å². The van der Waals surface area contributed by atoms with Crippen LogP contribution in [0.1, 0.15) is 36.4 Å². The van der Waals surface area contributed by atoms with Gasteiger partial charge in [0, 0.05) is 36.6 Å². The maximum Gasteiger partial charge on any atom is 0.191 e. The number of aromatic nitrogens is 1. The summed E-state index contributed by atoms with van der Waals surface area (Å²) in [7, 11) is 1.82. The first kappa shape index (κ1) is 12.4. The van der Waals surface area contributed by atoms with Gasteiger partial charge in [0.25, 0.3) is 0 Å². The molecule has 1 fully saturated rings. The predicted octanol–water partition coefficient (Wildman–Crippen LogP) is 1.88. The second-order valence-corrected chi connectivity index (χ2v) is 5.49. The Morgan fingerprint density at radius 2 is 2.41 bits per heavy atom. The zero-order chi connectivity index (χ0) is 12.3. The molecule has 1 heterocycles. The minimum absolute atomic E-state index is 0.423. The first-order valence-corrected chi connectivity index (χ1v) is 6.96. The van der Waals surface area contributed by atoms with Crippen LogP contribution in [0.2, 0.25) is 0 Å². The quantitative estimate of drug-likeness (QED) is 0.635. The zero-order valence-electron chi connectivity index (χ0n) is 10.7. The highest BCUT2D eigenvalue weighted by Gasteiger charge is 2.22. The number of guanidine groups is 1. The number of thiazole rings is 1. The molecule has 1 saturated carbocycles. The van der Waals surface area contributed by atoms with Crippen LogP contribution in [-0.2, 0) is 0 Å². The van der Waals surface area contributed by atoms with E-state index in [2.05, 4.69) is 32.9 Å². The smallest absolute Gasteiger partial charge is 0.191 e. The molecule has 4 nitrogen and oxygen atoms in total. The molecule has 0 radical (unpaired) electrons. The van der Waals surface area contributed by atoms with Crippen LogP contribution in [0.25, 0.3) is 0 Å². The fourth-order valence-corrected chi connectivity index (χ4v) is 2.41. The van der Waals surface area contributed by atoms with E-state index < -0.39 is 0 Å². The molecular weight excluding hydrogens is 232 g/mol. The van der Waals surface area contributed by atoms with Crippen LogP contribution in [-0.4, -0.2) is 30.6 Å². The summed E-state index contributed by atoms with van der Waals surface area (Å²) in [5, 5.41) is 10.0. The molecule has 1 unspecified atom stereocenters. The minimum atomic E-state index is 0.423. The van der Waals surface area contributed by atoms with Crippen molar-refractivity contribution in [2.24, 2.45) is 4.99 Å². The molecule has 0 aromatic carbocycles. The fraction of sp³-hybridized carbons (Fsp3) is 0.667. The number of nitrogens with one attached hydrogen (secondary N) is 2. The van der Waals surface area contributed by atoms with Crippen molar-refractivity contribution < 1.29 is 0 Å². The van der Waals surface area contributed by atoms with Gasteiger partial charge >= 0.3 is 0 Å². The molecule has 2 N–H and O–H groups in total. The van der Waals surface area contributed by atoms with E-state index in [1.165, 1.54) is 17.8 Å². The Morgan fingerprint density at radius 3 is 2.94 bits per heavy atom. The molecular formula is C12H20N4S. The Morgan fingerprint density at radius 1 is 1.65 bits per heavy atom. The molecule has 0 saturated heterocycles. The van der Waals surface area contributed by atoms with Crippen molar-refractivity contribution in [3.8, 4) is 0 Å². The van der Waals surface area contributed by atoms with Gasteiger partial charge in [-0.25, -0.2) is 4.98 Å². The lowest BCUT2D eigenvalue weighted by Crippen LogP contribution is -2.40. The summed E-state index contributed by atoms with van der Waals surface area (Å²) in [6, 6.07) is 0.638. The average molecular weight is 252 g/mol.